The third kappa shape index (κ3) is 3.15. The molecule has 0 spiro atoms. The van der Waals surface area contributed by atoms with Gasteiger partial charge in [0.15, 0.2) is 0 Å². The smallest absolute Gasteiger partial charge is 0.340 e. The van der Waals surface area contributed by atoms with Crippen molar-refractivity contribution in [3.05, 3.63) is 23.8 Å². The quantitative estimate of drug-likeness (QED) is 0.621. The molecule has 0 heterocycles. The van der Waals surface area contributed by atoms with Gasteiger partial charge < -0.3 is 15.8 Å². The number of anilines is 2. The Morgan fingerprint density at radius 2 is 2.28 bits per heavy atom. The van der Waals surface area contributed by atoms with Crippen molar-refractivity contribution < 1.29 is 9.53 Å². The second-order valence-electron chi connectivity index (χ2n) is 5.02. The van der Waals surface area contributed by atoms with Crippen LogP contribution in [0.25, 0.3) is 0 Å². The van der Waals surface area contributed by atoms with E-state index in [4.69, 9.17) is 10.5 Å². The van der Waals surface area contributed by atoms with Crippen LogP contribution in [0.1, 0.15) is 36.5 Å². The van der Waals surface area contributed by atoms with E-state index in [1.54, 1.807) is 12.1 Å². The minimum Gasteiger partial charge on any atom is -0.465 e. The molecule has 18 heavy (non-hydrogen) atoms. The number of ether oxygens (including phenoxy) is 1. The zero-order chi connectivity index (χ0) is 13.1. The first kappa shape index (κ1) is 12.7. The molecular formula is C14H20N2O2. The summed E-state index contributed by atoms with van der Waals surface area (Å²) in [4.78, 5) is 11.5. The van der Waals surface area contributed by atoms with E-state index in [1.165, 1.54) is 26.4 Å². The van der Waals surface area contributed by atoms with Crippen molar-refractivity contribution in [3.63, 3.8) is 0 Å². The maximum atomic E-state index is 11.5. The lowest BCUT2D eigenvalue weighted by Gasteiger charge is -2.16. The Hall–Kier alpha value is -1.71. The van der Waals surface area contributed by atoms with Gasteiger partial charge in [0.05, 0.1) is 12.7 Å². The molecular weight excluding hydrogens is 228 g/mol. The number of carbonyl (C=O) groups excluding carboxylic acids is 1. The number of hydrogen-bond acceptors (Lipinski definition) is 4. The number of nitrogens with two attached hydrogens (primary N) is 1. The van der Waals surface area contributed by atoms with E-state index in [0.29, 0.717) is 17.3 Å². The Bertz CT molecular complexity index is 441. The molecule has 1 fully saturated rings. The maximum absolute atomic E-state index is 11.5. The fourth-order valence-corrected chi connectivity index (χ4v) is 2.13. The Balaban J connectivity index is 2.05. The fourth-order valence-electron chi connectivity index (χ4n) is 2.13. The van der Waals surface area contributed by atoms with Gasteiger partial charge in [-0.05, 0) is 37.5 Å². The molecule has 1 aliphatic rings. The Morgan fingerprint density at radius 3 is 2.89 bits per heavy atom. The number of hydrogen-bond donors (Lipinski definition) is 2. The van der Waals surface area contributed by atoms with Gasteiger partial charge >= 0.3 is 5.97 Å². The van der Waals surface area contributed by atoms with Crippen LogP contribution in [0.4, 0.5) is 11.4 Å². The topological polar surface area (TPSA) is 64.3 Å². The summed E-state index contributed by atoms with van der Waals surface area (Å²) in [6.45, 7) is 2.16. The normalized spacial score (nSPS) is 16.1. The molecule has 0 bridgehead atoms. The Labute approximate surface area is 108 Å². The lowest BCUT2D eigenvalue weighted by molar-refractivity contribution is 0.0602. The Kier molecular flexibility index (Phi) is 3.75. The predicted octanol–water partition coefficient (Wildman–Crippen LogP) is 2.66. The number of carbonyl (C=O) groups is 1. The third-order valence-electron chi connectivity index (χ3n) is 3.26. The summed E-state index contributed by atoms with van der Waals surface area (Å²) in [7, 11) is 1.36. The van der Waals surface area contributed by atoms with Crippen LogP contribution in [0.2, 0.25) is 0 Å². The summed E-state index contributed by atoms with van der Waals surface area (Å²) < 4.78 is 4.70. The van der Waals surface area contributed by atoms with Crippen molar-refractivity contribution >= 4 is 17.3 Å². The lowest BCUT2D eigenvalue weighted by Crippen LogP contribution is -2.16. The molecule has 3 N–H and O–H groups in total. The predicted molar refractivity (Wildman–Crippen MR) is 72.6 cm³/mol. The number of methoxy groups -OCH3 is 1. The van der Waals surface area contributed by atoms with E-state index in [2.05, 4.69) is 12.2 Å². The first-order valence-corrected chi connectivity index (χ1v) is 6.34. The van der Waals surface area contributed by atoms with Crippen molar-refractivity contribution in [2.75, 3.05) is 18.2 Å². The number of nitrogen functional groups attached to an aromatic ring is 1. The highest BCUT2D eigenvalue weighted by Gasteiger charge is 2.23. The molecule has 4 nitrogen and oxygen atoms in total. The van der Waals surface area contributed by atoms with E-state index in [0.717, 1.165) is 11.6 Å². The van der Waals surface area contributed by atoms with Gasteiger partial charge in [0.2, 0.25) is 0 Å². The Morgan fingerprint density at radius 1 is 1.56 bits per heavy atom. The molecule has 0 aromatic heterocycles. The molecule has 1 aromatic carbocycles. The van der Waals surface area contributed by atoms with E-state index in [9.17, 15) is 4.79 Å². The van der Waals surface area contributed by atoms with Crippen molar-refractivity contribution in [2.45, 2.75) is 32.2 Å². The number of benzene rings is 1. The zero-order valence-electron chi connectivity index (χ0n) is 10.9. The van der Waals surface area contributed by atoms with E-state index < -0.39 is 5.97 Å². The molecule has 0 amide bonds. The van der Waals surface area contributed by atoms with Crippen LogP contribution >= 0.6 is 0 Å². The summed E-state index contributed by atoms with van der Waals surface area (Å²) >= 11 is 0. The summed E-state index contributed by atoms with van der Waals surface area (Å²) in [5.74, 6) is 0.479. The SMILES string of the molecule is COC(=O)c1cc(NC(C)CC2CC2)ccc1N. The van der Waals surface area contributed by atoms with Gasteiger partial charge in [-0.25, -0.2) is 4.79 Å². The standard InChI is InChI=1S/C14H20N2O2/c1-9(7-10-3-4-10)16-11-5-6-13(15)12(8-11)14(17)18-2/h5-6,8-10,16H,3-4,7,15H2,1-2H3. The molecule has 1 aliphatic carbocycles. The average molecular weight is 248 g/mol. The summed E-state index contributed by atoms with van der Waals surface area (Å²) in [6, 6.07) is 5.79. The second kappa shape index (κ2) is 5.29. The van der Waals surface area contributed by atoms with Crippen LogP contribution in [0.3, 0.4) is 0 Å². The number of rotatable bonds is 5. The maximum Gasteiger partial charge on any atom is 0.340 e. The molecule has 0 radical (unpaired) electrons. The largest absolute Gasteiger partial charge is 0.465 e. The van der Waals surface area contributed by atoms with Gasteiger partial charge in [-0.1, -0.05) is 12.8 Å². The molecule has 1 unspecified atom stereocenters. The van der Waals surface area contributed by atoms with Crippen LogP contribution in [0, 0.1) is 5.92 Å². The molecule has 1 saturated carbocycles. The van der Waals surface area contributed by atoms with Crippen LogP contribution in [-0.2, 0) is 4.74 Å². The van der Waals surface area contributed by atoms with Crippen molar-refractivity contribution in [2.24, 2.45) is 5.92 Å². The van der Waals surface area contributed by atoms with Crippen LogP contribution in [0.15, 0.2) is 18.2 Å². The average Bonchev–Trinajstić information content (AvgIpc) is 3.14. The molecule has 1 atom stereocenters. The summed E-state index contributed by atoms with van der Waals surface area (Å²) in [6.07, 6.45) is 3.88. The van der Waals surface area contributed by atoms with Gasteiger partial charge in [-0.2, -0.15) is 0 Å². The second-order valence-corrected chi connectivity index (χ2v) is 5.02. The van der Waals surface area contributed by atoms with Gasteiger partial charge in [-0.3, -0.25) is 0 Å². The molecule has 98 valence electrons. The fraction of sp³-hybridized carbons (Fsp3) is 0.500. The van der Waals surface area contributed by atoms with Crippen LogP contribution in [-0.4, -0.2) is 19.1 Å². The van der Waals surface area contributed by atoms with Gasteiger partial charge in [0.25, 0.3) is 0 Å². The highest BCUT2D eigenvalue weighted by molar-refractivity contribution is 5.96. The van der Waals surface area contributed by atoms with Crippen LogP contribution in [0.5, 0.6) is 0 Å². The first-order chi connectivity index (χ1) is 8.60. The van der Waals surface area contributed by atoms with E-state index in [1.807, 2.05) is 6.07 Å². The van der Waals surface area contributed by atoms with Crippen molar-refractivity contribution in [1.29, 1.82) is 0 Å². The van der Waals surface area contributed by atoms with E-state index >= 15 is 0 Å². The number of nitrogens with one attached hydrogen (secondary N) is 1. The molecule has 2 rings (SSSR count). The van der Waals surface area contributed by atoms with Crippen LogP contribution < -0.4 is 11.1 Å². The van der Waals surface area contributed by atoms with E-state index in [-0.39, 0.29) is 0 Å². The highest BCUT2D eigenvalue weighted by Crippen LogP contribution is 2.34. The van der Waals surface area contributed by atoms with Gasteiger partial charge in [-0.15, -0.1) is 0 Å². The zero-order valence-corrected chi connectivity index (χ0v) is 10.9. The molecule has 0 aliphatic heterocycles. The third-order valence-corrected chi connectivity index (χ3v) is 3.26. The minimum atomic E-state index is -0.397. The first-order valence-electron chi connectivity index (χ1n) is 6.34. The number of esters is 1. The molecule has 0 saturated heterocycles. The monoisotopic (exact) mass is 248 g/mol. The minimum absolute atomic E-state index is 0.397. The highest BCUT2D eigenvalue weighted by atomic mass is 16.5. The van der Waals surface area contributed by atoms with Gasteiger partial charge in [0.1, 0.15) is 0 Å². The molecule has 1 aromatic rings. The summed E-state index contributed by atoms with van der Waals surface area (Å²) in [5, 5.41) is 3.40. The van der Waals surface area contributed by atoms with Crippen molar-refractivity contribution in [3.8, 4) is 0 Å². The van der Waals surface area contributed by atoms with Crippen molar-refractivity contribution in [1.82, 2.24) is 0 Å². The summed E-state index contributed by atoms with van der Waals surface area (Å²) in [5.41, 5.74) is 7.54. The molecule has 4 heteroatoms. The van der Waals surface area contributed by atoms with Gasteiger partial charge in [0, 0.05) is 17.4 Å². The lowest BCUT2D eigenvalue weighted by atomic mass is 10.1.